The summed E-state index contributed by atoms with van der Waals surface area (Å²) in [5.41, 5.74) is 4.82. The Morgan fingerprint density at radius 2 is 1.97 bits per heavy atom. The number of rotatable bonds is 5. The maximum Gasteiger partial charge on any atom is 0.169 e. The summed E-state index contributed by atoms with van der Waals surface area (Å²) in [5, 5.41) is 3.24. The van der Waals surface area contributed by atoms with Gasteiger partial charge in [-0.25, -0.2) is 9.97 Å². The Labute approximate surface area is 189 Å². The lowest BCUT2D eigenvalue weighted by Crippen LogP contribution is -2.31. The SMILES string of the molecule is Clc1ccc(Cn2cccc2CN2CCc3nc(-c4cccs4)ncc3C2)cc1Cl. The van der Waals surface area contributed by atoms with Crippen molar-refractivity contribution in [3.05, 3.63) is 92.8 Å². The van der Waals surface area contributed by atoms with E-state index >= 15 is 0 Å². The fourth-order valence-electron chi connectivity index (χ4n) is 3.85. The minimum atomic E-state index is 0.588. The predicted octanol–water partition coefficient (Wildman–Crippen LogP) is 5.92. The molecule has 0 unspecified atom stereocenters. The van der Waals surface area contributed by atoms with E-state index in [1.807, 2.05) is 30.5 Å². The average Bonchev–Trinajstić information content (AvgIpc) is 3.43. The molecule has 4 heterocycles. The zero-order valence-corrected chi connectivity index (χ0v) is 18.6. The highest BCUT2D eigenvalue weighted by molar-refractivity contribution is 7.13. The maximum absolute atomic E-state index is 6.18. The van der Waals surface area contributed by atoms with Crippen LogP contribution in [0.4, 0.5) is 0 Å². The summed E-state index contributed by atoms with van der Waals surface area (Å²) in [6.07, 6.45) is 5.06. The van der Waals surface area contributed by atoms with Crippen molar-refractivity contribution in [3.63, 3.8) is 0 Å². The number of nitrogens with zero attached hydrogens (tertiary/aromatic N) is 4. The van der Waals surface area contributed by atoms with Gasteiger partial charge in [-0.05, 0) is 41.3 Å². The second-order valence-electron chi connectivity index (χ2n) is 7.48. The summed E-state index contributed by atoms with van der Waals surface area (Å²) in [5.74, 6) is 0.840. The predicted molar refractivity (Wildman–Crippen MR) is 123 cm³/mol. The Morgan fingerprint density at radius 3 is 2.80 bits per heavy atom. The molecule has 152 valence electrons. The molecule has 0 fully saturated rings. The van der Waals surface area contributed by atoms with Crippen molar-refractivity contribution in [1.29, 1.82) is 0 Å². The third-order valence-electron chi connectivity index (χ3n) is 5.40. The zero-order valence-electron chi connectivity index (χ0n) is 16.3. The summed E-state index contributed by atoms with van der Waals surface area (Å²) < 4.78 is 2.27. The Kier molecular flexibility index (Phi) is 5.61. The van der Waals surface area contributed by atoms with E-state index < -0.39 is 0 Å². The van der Waals surface area contributed by atoms with Crippen molar-refractivity contribution in [2.75, 3.05) is 6.54 Å². The molecule has 4 nitrogen and oxygen atoms in total. The molecule has 0 aliphatic carbocycles. The largest absolute Gasteiger partial charge is 0.346 e. The first kappa shape index (κ1) is 19.8. The number of fused-ring (bicyclic) bond motifs is 1. The lowest BCUT2D eigenvalue weighted by molar-refractivity contribution is 0.237. The first-order valence-electron chi connectivity index (χ1n) is 9.85. The zero-order chi connectivity index (χ0) is 20.5. The molecule has 1 aliphatic rings. The third-order valence-corrected chi connectivity index (χ3v) is 7.01. The topological polar surface area (TPSA) is 34.0 Å². The fourth-order valence-corrected chi connectivity index (χ4v) is 4.83. The Balaban J connectivity index is 1.29. The highest BCUT2D eigenvalue weighted by Gasteiger charge is 2.20. The van der Waals surface area contributed by atoms with Gasteiger partial charge in [0.25, 0.3) is 0 Å². The second-order valence-corrected chi connectivity index (χ2v) is 9.24. The van der Waals surface area contributed by atoms with Crippen molar-refractivity contribution in [1.82, 2.24) is 19.4 Å². The molecule has 1 aliphatic heterocycles. The van der Waals surface area contributed by atoms with Gasteiger partial charge in [0.05, 0.1) is 20.6 Å². The lowest BCUT2D eigenvalue weighted by Gasteiger charge is -2.28. The molecule has 1 aromatic carbocycles. The highest BCUT2D eigenvalue weighted by Crippen LogP contribution is 2.26. The molecule has 0 saturated heterocycles. The quantitative estimate of drug-likeness (QED) is 0.375. The fraction of sp³-hybridized carbons (Fsp3) is 0.217. The molecule has 4 aromatic rings. The van der Waals surface area contributed by atoms with Crippen LogP contribution in [0.2, 0.25) is 10.0 Å². The van der Waals surface area contributed by atoms with Gasteiger partial charge < -0.3 is 4.57 Å². The van der Waals surface area contributed by atoms with E-state index in [0.29, 0.717) is 10.0 Å². The third kappa shape index (κ3) is 4.16. The lowest BCUT2D eigenvalue weighted by atomic mass is 10.1. The summed E-state index contributed by atoms with van der Waals surface area (Å²) >= 11 is 13.9. The molecular weight excluding hydrogens is 435 g/mol. The molecular formula is C23H20Cl2N4S. The van der Waals surface area contributed by atoms with Crippen molar-refractivity contribution >= 4 is 34.5 Å². The summed E-state index contributed by atoms with van der Waals surface area (Å²) in [4.78, 5) is 13.0. The van der Waals surface area contributed by atoms with E-state index in [0.717, 1.165) is 48.9 Å². The van der Waals surface area contributed by atoms with E-state index in [4.69, 9.17) is 28.2 Å². The molecule has 0 spiro atoms. The van der Waals surface area contributed by atoms with Crippen molar-refractivity contribution < 1.29 is 0 Å². The summed E-state index contributed by atoms with van der Waals surface area (Å²) in [6.45, 7) is 3.53. The van der Waals surface area contributed by atoms with E-state index in [1.54, 1.807) is 11.3 Å². The van der Waals surface area contributed by atoms with Crippen LogP contribution in [0.1, 0.15) is 22.5 Å². The van der Waals surface area contributed by atoms with Gasteiger partial charge in [0.15, 0.2) is 5.82 Å². The van der Waals surface area contributed by atoms with Crippen LogP contribution in [0.3, 0.4) is 0 Å². The van der Waals surface area contributed by atoms with Gasteiger partial charge in [0, 0.05) is 56.3 Å². The van der Waals surface area contributed by atoms with Crippen molar-refractivity contribution in [2.45, 2.75) is 26.1 Å². The van der Waals surface area contributed by atoms with Crippen molar-refractivity contribution in [2.24, 2.45) is 0 Å². The van der Waals surface area contributed by atoms with Crippen LogP contribution in [0.15, 0.2) is 60.2 Å². The number of halogens is 2. The first-order chi connectivity index (χ1) is 14.7. The molecule has 3 aromatic heterocycles. The first-order valence-corrected chi connectivity index (χ1v) is 11.5. The van der Waals surface area contributed by atoms with Crippen LogP contribution in [0.5, 0.6) is 0 Å². The maximum atomic E-state index is 6.18. The minimum absolute atomic E-state index is 0.588. The molecule has 0 bridgehead atoms. The average molecular weight is 455 g/mol. The van der Waals surface area contributed by atoms with E-state index in [9.17, 15) is 0 Å². The second kappa shape index (κ2) is 8.52. The van der Waals surface area contributed by atoms with Gasteiger partial charge in [-0.15, -0.1) is 11.3 Å². The molecule has 7 heteroatoms. The van der Waals surface area contributed by atoms with Crippen LogP contribution in [0, 0.1) is 0 Å². The Morgan fingerprint density at radius 1 is 1.03 bits per heavy atom. The summed E-state index contributed by atoms with van der Waals surface area (Å²) in [6, 6.07) is 14.2. The van der Waals surface area contributed by atoms with Crippen LogP contribution in [-0.2, 0) is 26.1 Å². The van der Waals surface area contributed by atoms with Crippen molar-refractivity contribution in [3.8, 4) is 10.7 Å². The highest BCUT2D eigenvalue weighted by atomic mass is 35.5. The minimum Gasteiger partial charge on any atom is -0.346 e. The number of thiophene rings is 1. The molecule has 30 heavy (non-hydrogen) atoms. The van der Waals surface area contributed by atoms with Gasteiger partial charge in [-0.3, -0.25) is 4.90 Å². The molecule has 0 saturated carbocycles. The molecule has 0 atom stereocenters. The number of aromatic nitrogens is 3. The number of benzene rings is 1. The van der Waals surface area contributed by atoms with Gasteiger partial charge in [0.2, 0.25) is 0 Å². The Hall–Kier alpha value is -2.18. The van der Waals surface area contributed by atoms with E-state index in [-0.39, 0.29) is 0 Å². The van der Waals surface area contributed by atoms with Crippen LogP contribution in [0.25, 0.3) is 10.7 Å². The van der Waals surface area contributed by atoms with Gasteiger partial charge in [-0.1, -0.05) is 35.3 Å². The van der Waals surface area contributed by atoms with E-state index in [1.165, 1.54) is 17.0 Å². The van der Waals surface area contributed by atoms with Crippen LogP contribution >= 0.6 is 34.5 Å². The standard InChI is InChI=1S/C23H20Cl2N4S/c24-19-6-5-16(11-20(19)25)13-29-8-1-3-18(29)15-28-9-7-21-17(14-28)12-26-23(27-21)22-4-2-10-30-22/h1-6,8,10-12H,7,9,13-15H2. The smallest absolute Gasteiger partial charge is 0.169 e. The normalized spacial score (nSPS) is 14.1. The van der Waals surface area contributed by atoms with Crippen LogP contribution in [-0.4, -0.2) is 26.0 Å². The molecule has 0 amide bonds. The molecule has 5 rings (SSSR count). The summed E-state index contributed by atoms with van der Waals surface area (Å²) in [7, 11) is 0. The van der Waals surface area contributed by atoms with Gasteiger partial charge in [-0.2, -0.15) is 0 Å². The number of hydrogen-bond acceptors (Lipinski definition) is 4. The monoisotopic (exact) mass is 454 g/mol. The number of hydrogen-bond donors (Lipinski definition) is 0. The Bertz CT molecular complexity index is 1170. The molecule has 0 radical (unpaired) electrons. The molecule has 0 N–H and O–H groups in total. The van der Waals surface area contributed by atoms with Gasteiger partial charge in [0.1, 0.15) is 0 Å². The van der Waals surface area contributed by atoms with Gasteiger partial charge >= 0.3 is 0 Å². The van der Waals surface area contributed by atoms with E-state index in [2.05, 4.69) is 44.2 Å². The van der Waals surface area contributed by atoms with Crippen LogP contribution < -0.4 is 0 Å².